The van der Waals surface area contributed by atoms with Gasteiger partial charge in [0.1, 0.15) is 0 Å². The Labute approximate surface area is 155 Å². The van der Waals surface area contributed by atoms with Gasteiger partial charge in [0.15, 0.2) is 6.10 Å². The molecule has 4 rings (SSSR count). The Hall–Kier alpha value is -2.17. The minimum Gasteiger partial charge on any atom is -0.365 e. The molecule has 2 fully saturated rings. The van der Waals surface area contributed by atoms with Gasteiger partial charge in [0.05, 0.1) is 12.6 Å². The molecule has 1 saturated carbocycles. The zero-order chi connectivity index (χ0) is 17.9. The standard InChI is InChI=1S/C22H26N2O2/c1-2-16-8-10-18(11-9-16)23-22(25)21-20(17-6-4-3-5-7-17)24(14-15-26-21)19-12-13-19/h3-11,19-21H,2,12-15H2,1H3,(H,23,25)/t20-,21+/m0/s1. The number of aryl methyl sites for hydroxylation is 1. The Morgan fingerprint density at radius 3 is 2.50 bits per heavy atom. The molecule has 0 aromatic heterocycles. The summed E-state index contributed by atoms with van der Waals surface area (Å²) in [6.45, 7) is 3.62. The fourth-order valence-electron chi connectivity index (χ4n) is 3.78. The molecule has 0 spiro atoms. The third-order valence-corrected chi connectivity index (χ3v) is 5.34. The van der Waals surface area contributed by atoms with Crippen molar-refractivity contribution >= 4 is 11.6 Å². The molecule has 2 aliphatic rings. The van der Waals surface area contributed by atoms with E-state index in [-0.39, 0.29) is 11.9 Å². The van der Waals surface area contributed by atoms with Gasteiger partial charge in [-0.1, -0.05) is 49.4 Å². The Morgan fingerprint density at radius 2 is 1.85 bits per heavy atom. The van der Waals surface area contributed by atoms with Crippen molar-refractivity contribution in [2.45, 2.75) is 44.4 Å². The number of anilines is 1. The van der Waals surface area contributed by atoms with Crippen LogP contribution in [0, 0.1) is 0 Å². The number of amides is 1. The first-order valence-electron chi connectivity index (χ1n) is 9.58. The van der Waals surface area contributed by atoms with Gasteiger partial charge in [-0.25, -0.2) is 0 Å². The molecule has 2 aromatic carbocycles. The highest BCUT2D eigenvalue weighted by Gasteiger charge is 2.44. The molecule has 1 N–H and O–H groups in total. The summed E-state index contributed by atoms with van der Waals surface area (Å²) in [7, 11) is 0. The molecule has 1 heterocycles. The van der Waals surface area contributed by atoms with E-state index >= 15 is 0 Å². The van der Waals surface area contributed by atoms with Gasteiger partial charge >= 0.3 is 0 Å². The largest absolute Gasteiger partial charge is 0.365 e. The molecule has 1 saturated heterocycles. The Bertz CT molecular complexity index is 740. The highest BCUT2D eigenvalue weighted by Crippen LogP contribution is 2.39. The minimum atomic E-state index is -0.488. The third kappa shape index (κ3) is 3.67. The van der Waals surface area contributed by atoms with Crippen LogP contribution in [0.5, 0.6) is 0 Å². The van der Waals surface area contributed by atoms with E-state index in [1.807, 2.05) is 30.3 Å². The number of carbonyl (C=O) groups is 1. The zero-order valence-corrected chi connectivity index (χ0v) is 15.2. The molecule has 1 amide bonds. The first-order valence-corrected chi connectivity index (χ1v) is 9.58. The third-order valence-electron chi connectivity index (χ3n) is 5.34. The monoisotopic (exact) mass is 350 g/mol. The summed E-state index contributed by atoms with van der Waals surface area (Å²) in [5.41, 5.74) is 3.24. The van der Waals surface area contributed by atoms with Gasteiger partial charge in [-0.05, 0) is 42.5 Å². The SMILES string of the molecule is CCc1ccc(NC(=O)[C@@H]2OCCN(C3CC3)[C@H]2c2ccccc2)cc1. The highest BCUT2D eigenvalue weighted by molar-refractivity contribution is 5.95. The molecule has 4 nitrogen and oxygen atoms in total. The molecule has 26 heavy (non-hydrogen) atoms. The van der Waals surface area contributed by atoms with Crippen LogP contribution in [0.4, 0.5) is 5.69 Å². The fourth-order valence-corrected chi connectivity index (χ4v) is 3.78. The van der Waals surface area contributed by atoms with Crippen LogP contribution in [-0.4, -0.2) is 36.1 Å². The summed E-state index contributed by atoms with van der Waals surface area (Å²) in [6.07, 6.45) is 2.94. The number of benzene rings is 2. The molecule has 4 heteroatoms. The van der Waals surface area contributed by atoms with E-state index in [1.54, 1.807) is 0 Å². The van der Waals surface area contributed by atoms with Crippen molar-refractivity contribution < 1.29 is 9.53 Å². The van der Waals surface area contributed by atoms with Gasteiger partial charge in [0.25, 0.3) is 5.91 Å². The normalized spacial score (nSPS) is 23.6. The molecule has 1 aliphatic heterocycles. The van der Waals surface area contributed by atoms with Crippen molar-refractivity contribution in [2.24, 2.45) is 0 Å². The van der Waals surface area contributed by atoms with E-state index in [0.717, 1.165) is 24.2 Å². The average Bonchev–Trinajstić information content (AvgIpc) is 3.54. The van der Waals surface area contributed by atoms with Crippen LogP contribution in [0.25, 0.3) is 0 Å². The Balaban J connectivity index is 1.56. The number of hydrogen-bond donors (Lipinski definition) is 1. The quantitative estimate of drug-likeness (QED) is 0.892. The van der Waals surface area contributed by atoms with Crippen molar-refractivity contribution in [2.75, 3.05) is 18.5 Å². The first-order chi connectivity index (χ1) is 12.8. The second-order valence-corrected chi connectivity index (χ2v) is 7.16. The predicted octanol–water partition coefficient (Wildman–Crippen LogP) is 3.79. The number of rotatable bonds is 5. The van der Waals surface area contributed by atoms with Crippen LogP contribution < -0.4 is 5.32 Å². The maximum atomic E-state index is 13.0. The molecular formula is C22H26N2O2. The van der Waals surface area contributed by atoms with E-state index in [2.05, 4.69) is 41.4 Å². The van der Waals surface area contributed by atoms with Crippen LogP contribution in [0.15, 0.2) is 54.6 Å². The number of carbonyl (C=O) groups excluding carboxylic acids is 1. The highest BCUT2D eigenvalue weighted by atomic mass is 16.5. The number of nitrogens with zero attached hydrogens (tertiary/aromatic N) is 1. The number of morpholine rings is 1. The van der Waals surface area contributed by atoms with Crippen LogP contribution in [-0.2, 0) is 16.0 Å². The summed E-state index contributed by atoms with van der Waals surface area (Å²) in [6, 6.07) is 18.9. The fraction of sp³-hybridized carbons (Fsp3) is 0.409. The molecule has 0 bridgehead atoms. The van der Waals surface area contributed by atoms with E-state index in [1.165, 1.54) is 18.4 Å². The summed E-state index contributed by atoms with van der Waals surface area (Å²) >= 11 is 0. The van der Waals surface area contributed by atoms with Crippen LogP contribution in [0.3, 0.4) is 0 Å². The second-order valence-electron chi connectivity index (χ2n) is 7.16. The summed E-state index contributed by atoms with van der Waals surface area (Å²) < 4.78 is 5.98. The van der Waals surface area contributed by atoms with Gasteiger partial charge in [0, 0.05) is 18.3 Å². The average molecular weight is 350 g/mol. The van der Waals surface area contributed by atoms with Crippen molar-refractivity contribution in [3.8, 4) is 0 Å². The first kappa shape index (κ1) is 17.3. The van der Waals surface area contributed by atoms with Crippen molar-refractivity contribution in [1.82, 2.24) is 4.90 Å². The molecule has 2 aromatic rings. The molecule has 136 valence electrons. The number of hydrogen-bond acceptors (Lipinski definition) is 3. The summed E-state index contributed by atoms with van der Waals surface area (Å²) in [4.78, 5) is 15.5. The summed E-state index contributed by atoms with van der Waals surface area (Å²) in [5.74, 6) is -0.0616. The van der Waals surface area contributed by atoms with Gasteiger partial charge in [0.2, 0.25) is 0 Å². The van der Waals surface area contributed by atoms with Gasteiger partial charge in [-0.15, -0.1) is 0 Å². The van der Waals surface area contributed by atoms with Crippen LogP contribution >= 0.6 is 0 Å². The predicted molar refractivity (Wildman–Crippen MR) is 103 cm³/mol. The molecular weight excluding hydrogens is 324 g/mol. The molecule has 1 aliphatic carbocycles. The second kappa shape index (κ2) is 7.60. The van der Waals surface area contributed by atoms with Crippen molar-refractivity contribution in [3.63, 3.8) is 0 Å². The lowest BCUT2D eigenvalue weighted by Crippen LogP contribution is -2.51. The van der Waals surface area contributed by atoms with Crippen molar-refractivity contribution in [1.29, 1.82) is 0 Å². The lowest BCUT2D eigenvalue weighted by Gasteiger charge is -2.41. The lowest BCUT2D eigenvalue weighted by atomic mass is 9.97. The van der Waals surface area contributed by atoms with Crippen molar-refractivity contribution in [3.05, 3.63) is 65.7 Å². The topological polar surface area (TPSA) is 41.6 Å². The number of nitrogens with one attached hydrogen (secondary N) is 1. The Kier molecular flexibility index (Phi) is 5.05. The van der Waals surface area contributed by atoms with Gasteiger partial charge in [-0.2, -0.15) is 0 Å². The van der Waals surface area contributed by atoms with Gasteiger partial charge < -0.3 is 10.1 Å². The Morgan fingerprint density at radius 1 is 1.12 bits per heavy atom. The van der Waals surface area contributed by atoms with Crippen LogP contribution in [0.2, 0.25) is 0 Å². The molecule has 0 radical (unpaired) electrons. The lowest BCUT2D eigenvalue weighted by molar-refractivity contribution is -0.141. The van der Waals surface area contributed by atoms with Gasteiger partial charge in [-0.3, -0.25) is 9.69 Å². The van der Waals surface area contributed by atoms with E-state index in [9.17, 15) is 4.79 Å². The molecule has 0 unspecified atom stereocenters. The van der Waals surface area contributed by atoms with E-state index in [4.69, 9.17) is 4.74 Å². The maximum Gasteiger partial charge on any atom is 0.255 e. The zero-order valence-electron chi connectivity index (χ0n) is 15.2. The number of ether oxygens (including phenoxy) is 1. The van der Waals surface area contributed by atoms with E-state index in [0.29, 0.717) is 12.6 Å². The maximum absolute atomic E-state index is 13.0. The smallest absolute Gasteiger partial charge is 0.255 e. The van der Waals surface area contributed by atoms with E-state index < -0.39 is 6.10 Å². The summed E-state index contributed by atoms with van der Waals surface area (Å²) in [5, 5.41) is 3.05. The minimum absolute atomic E-state index is 0.0210. The van der Waals surface area contributed by atoms with Crippen LogP contribution in [0.1, 0.15) is 36.9 Å². The molecule has 2 atom stereocenters.